The summed E-state index contributed by atoms with van der Waals surface area (Å²) in [4.78, 5) is 45.7. The molecule has 0 aliphatic rings. The van der Waals surface area contributed by atoms with Gasteiger partial charge in [0, 0.05) is 15.7 Å². The van der Waals surface area contributed by atoms with E-state index in [0.29, 0.717) is 22.5 Å². The van der Waals surface area contributed by atoms with Gasteiger partial charge in [0.25, 0.3) is 0 Å². The molecule has 8 N–H and O–H groups in total. The maximum absolute atomic E-state index is 12.2. The van der Waals surface area contributed by atoms with Crippen LogP contribution in [0.5, 0.6) is 0 Å². The van der Waals surface area contributed by atoms with Gasteiger partial charge < -0.3 is 31.7 Å². The maximum Gasteiger partial charge on any atom is 0.322 e. The first-order chi connectivity index (χ1) is 14.5. The first-order valence-corrected chi connectivity index (χ1v) is 10.9. The van der Waals surface area contributed by atoms with E-state index in [-0.39, 0.29) is 18.6 Å². The molecule has 14 heteroatoms. The maximum atomic E-state index is 12.2. The van der Waals surface area contributed by atoms with Crippen molar-refractivity contribution in [2.45, 2.75) is 30.5 Å². The smallest absolute Gasteiger partial charge is 0.322 e. The highest BCUT2D eigenvalue weighted by Crippen LogP contribution is 2.21. The number of carbonyl (C=O) groups excluding carboxylic acids is 2. The van der Waals surface area contributed by atoms with Crippen molar-refractivity contribution in [1.82, 2.24) is 10.6 Å². The molecule has 2 amide bonds. The number of nitrogens with one attached hydrogen (secondary N) is 2. The van der Waals surface area contributed by atoms with Gasteiger partial charge in [-0.05, 0) is 53.3 Å². The predicted molar refractivity (Wildman–Crippen MR) is 119 cm³/mol. The van der Waals surface area contributed by atoms with Gasteiger partial charge >= 0.3 is 11.9 Å². The lowest BCUT2D eigenvalue weighted by molar-refractivity contribution is -0.139. The lowest BCUT2D eigenvalue weighted by Gasteiger charge is -2.25. The molecular weight excluding hydrogens is 547 g/mol. The molecule has 1 rings (SSSR count). The molecule has 31 heavy (non-hydrogen) atoms. The van der Waals surface area contributed by atoms with Crippen molar-refractivity contribution >= 4 is 63.8 Å². The summed E-state index contributed by atoms with van der Waals surface area (Å²) in [5.41, 5.74) is 4.13. The van der Waals surface area contributed by atoms with Crippen LogP contribution < -0.4 is 21.4 Å². The first-order valence-electron chi connectivity index (χ1n) is 8.81. The Kier molecular flexibility index (Phi) is 11.5. The van der Waals surface area contributed by atoms with E-state index >= 15 is 0 Å². The molecule has 0 aliphatic heterocycles. The number of aliphatic hydroxyl groups is 1. The van der Waals surface area contributed by atoms with Gasteiger partial charge in [-0.3, -0.25) is 24.4 Å². The van der Waals surface area contributed by atoms with Crippen LogP contribution in [0.15, 0.2) is 24.3 Å². The number of hydroxylamine groups is 1. The van der Waals surface area contributed by atoms with Crippen molar-refractivity contribution in [2.24, 2.45) is 5.73 Å². The largest absolute Gasteiger partial charge is 0.480 e. The van der Waals surface area contributed by atoms with Crippen molar-refractivity contribution in [3.8, 4) is 0 Å². The standard InChI is InChI=1S/C17H23IN4O8S/c18-9-1-3-10(4-2-9)22(30)17(29)31-8-12(15(26)20-7-14(24)25)21-13(23)6-5-11(19)16(27)28/h1-4,11-12,17,29-30H,5-8,19H2,(H,20,26)(H,21,23)(H,24,25)(H,27,28). The van der Waals surface area contributed by atoms with Gasteiger partial charge in [0.15, 0.2) is 5.56 Å². The van der Waals surface area contributed by atoms with Crippen molar-refractivity contribution < 1.29 is 39.7 Å². The molecule has 1 aromatic carbocycles. The van der Waals surface area contributed by atoms with Crippen LogP contribution in [0.2, 0.25) is 0 Å². The Morgan fingerprint density at radius 1 is 1.16 bits per heavy atom. The number of rotatable bonds is 13. The normalized spacial score (nSPS) is 13.5. The zero-order valence-electron chi connectivity index (χ0n) is 16.1. The number of amides is 2. The van der Waals surface area contributed by atoms with Crippen LogP contribution in [0.25, 0.3) is 0 Å². The lowest BCUT2D eigenvalue weighted by Crippen LogP contribution is -2.50. The summed E-state index contributed by atoms with van der Waals surface area (Å²) in [6, 6.07) is 4.05. The third-order valence-electron chi connectivity index (χ3n) is 3.78. The number of thioether (sulfide) groups is 1. The van der Waals surface area contributed by atoms with Crippen molar-refractivity contribution in [3.63, 3.8) is 0 Å². The van der Waals surface area contributed by atoms with E-state index in [1.165, 1.54) is 0 Å². The molecular formula is C17H23IN4O8S. The Balaban J connectivity index is 2.72. The Bertz CT molecular complexity index is 782. The van der Waals surface area contributed by atoms with Gasteiger partial charge in [0.1, 0.15) is 18.6 Å². The van der Waals surface area contributed by atoms with E-state index in [2.05, 4.69) is 33.2 Å². The molecule has 3 atom stereocenters. The highest BCUT2D eigenvalue weighted by molar-refractivity contribution is 14.1. The molecule has 3 unspecified atom stereocenters. The molecule has 0 bridgehead atoms. The first kappa shape index (κ1) is 26.9. The fourth-order valence-corrected chi connectivity index (χ4v) is 3.34. The van der Waals surface area contributed by atoms with Gasteiger partial charge in [0.05, 0.1) is 5.69 Å². The zero-order chi connectivity index (χ0) is 23.6. The minimum absolute atomic E-state index is 0.169. The van der Waals surface area contributed by atoms with Crippen LogP contribution in [-0.2, 0) is 19.2 Å². The minimum Gasteiger partial charge on any atom is -0.480 e. The highest BCUT2D eigenvalue weighted by atomic mass is 127. The van der Waals surface area contributed by atoms with Crippen LogP contribution in [0.3, 0.4) is 0 Å². The number of nitrogens with zero attached hydrogens (tertiary/aromatic N) is 1. The van der Waals surface area contributed by atoms with E-state index < -0.39 is 47.9 Å². The molecule has 12 nitrogen and oxygen atoms in total. The Morgan fingerprint density at radius 3 is 2.32 bits per heavy atom. The predicted octanol–water partition coefficient (Wildman–Crippen LogP) is -0.626. The number of anilines is 1. The SMILES string of the molecule is NC(CCC(=O)NC(CSC(O)N(O)c1ccc(I)cc1)C(=O)NCC(=O)O)C(=O)O. The molecule has 0 spiro atoms. The molecule has 0 heterocycles. The summed E-state index contributed by atoms with van der Waals surface area (Å²) in [5.74, 6) is -4.29. The van der Waals surface area contributed by atoms with Crippen LogP contribution in [0, 0.1) is 3.57 Å². The average molecular weight is 570 g/mol. The Morgan fingerprint density at radius 2 is 1.77 bits per heavy atom. The quantitative estimate of drug-likeness (QED) is 0.0905. The number of carbonyl (C=O) groups is 4. The van der Waals surface area contributed by atoms with Crippen molar-refractivity contribution in [1.29, 1.82) is 0 Å². The van der Waals surface area contributed by atoms with Gasteiger partial charge in [0.2, 0.25) is 11.8 Å². The Labute approximate surface area is 195 Å². The summed E-state index contributed by atoms with van der Waals surface area (Å²) in [7, 11) is 0. The van der Waals surface area contributed by atoms with Gasteiger partial charge in [-0.15, -0.1) is 11.8 Å². The number of aliphatic carboxylic acids is 2. The summed E-state index contributed by atoms with van der Waals surface area (Å²) >= 11 is 2.79. The number of nitrogens with two attached hydrogens (primary N) is 1. The van der Waals surface area contributed by atoms with Crippen molar-refractivity contribution in [3.05, 3.63) is 27.8 Å². The number of halogens is 1. The third-order valence-corrected chi connectivity index (χ3v) is 5.52. The topological polar surface area (TPSA) is 203 Å². The number of aliphatic hydroxyl groups excluding tert-OH is 1. The van der Waals surface area contributed by atoms with E-state index in [0.717, 1.165) is 3.57 Å². The van der Waals surface area contributed by atoms with Gasteiger partial charge in [-0.25, -0.2) is 5.06 Å². The van der Waals surface area contributed by atoms with E-state index in [4.69, 9.17) is 15.9 Å². The molecule has 0 radical (unpaired) electrons. The number of hydrogen-bond donors (Lipinski definition) is 7. The van der Waals surface area contributed by atoms with Gasteiger partial charge in [-0.2, -0.15) is 0 Å². The second-order valence-electron chi connectivity index (χ2n) is 6.20. The summed E-state index contributed by atoms with van der Waals surface area (Å²) < 4.78 is 0.914. The molecule has 0 aromatic heterocycles. The summed E-state index contributed by atoms with van der Waals surface area (Å²) in [6.07, 6.45) is -0.449. The Hall–Kier alpha value is -2.14. The molecule has 0 saturated heterocycles. The van der Waals surface area contributed by atoms with Gasteiger partial charge in [-0.1, -0.05) is 0 Å². The molecule has 172 valence electrons. The van der Waals surface area contributed by atoms with Crippen molar-refractivity contribution in [2.75, 3.05) is 17.4 Å². The van der Waals surface area contributed by atoms with Crippen LogP contribution in [0.1, 0.15) is 12.8 Å². The zero-order valence-corrected chi connectivity index (χ0v) is 19.1. The fourth-order valence-electron chi connectivity index (χ4n) is 2.12. The van der Waals surface area contributed by atoms with Crippen LogP contribution in [-0.4, -0.2) is 74.2 Å². The molecule has 1 aromatic rings. The number of carboxylic acids is 2. The van der Waals surface area contributed by atoms with Crippen LogP contribution >= 0.6 is 34.4 Å². The third kappa shape index (κ3) is 10.1. The number of benzene rings is 1. The minimum atomic E-state index is -1.49. The number of hydrogen-bond acceptors (Lipinski definition) is 9. The monoisotopic (exact) mass is 570 g/mol. The van der Waals surface area contributed by atoms with E-state index in [9.17, 15) is 29.5 Å². The second-order valence-corrected chi connectivity index (χ2v) is 8.53. The second kappa shape index (κ2) is 13.3. The average Bonchev–Trinajstić information content (AvgIpc) is 2.72. The molecule has 0 aliphatic carbocycles. The van der Waals surface area contributed by atoms with E-state index in [1.54, 1.807) is 24.3 Å². The summed E-state index contributed by atoms with van der Waals surface area (Å²) in [5, 5.41) is 42.8. The highest BCUT2D eigenvalue weighted by Gasteiger charge is 2.25. The lowest BCUT2D eigenvalue weighted by atomic mass is 10.1. The van der Waals surface area contributed by atoms with Crippen LogP contribution in [0.4, 0.5) is 5.69 Å². The number of carboxylic acid groups (broad SMARTS) is 2. The molecule has 0 fully saturated rings. The fraction of sp³-hybridized carbons (Fsp3) is 0.412. The summed E-state index contributed by atoms with van der Waals surface area (Å²) in [6.45, 7) is -0.683. The van der Waals surface area contributed by atoms with E-state index in [1.807, 2.05) is 0 Å². The molecule has 0 saturated carbocycles.